The zero-order valence-electron chi connectivity index (χ0n) is 14.0. The first kappa shape index (κ1) is 16.4. The predicted molar refractivity (Wildman–Crippen MR) is 89.9 cm³/mol. The average molecular weight is 329 g/mol. The summed E-state index contributed by atoms with van der Waals surface area (Å²) in [5.74, 6) is 1.89. The first-order chi connectivity index (χ1) is 11.7. The fourth-order valence-corrected chi connectivity index (χ4v) is 2.97. The largest absolute Gasteiger partial charge is 0.491 e. The van der Waals surface area contributed by atoms with Gasteiger partial charge in [-0.3, -0.25) is 0 Å². The van der Waals surface area contributed by atoms with Gasteiger partial charge in [-0.25, -0.2) is 4.79 Å². The number of ether oxygens (including phenoxy) is 1. The van der Waals surface area contributed by atoms with Crippen molar-refractivity contribution in [3.8, 4) is 5.75 Å². The van der Waals surface area contributed by atoms with E-state index in [4.69, 9.17) is 9.26 Å². The van der Waals surface area contributed by atoms with Gasteiger partial charge < -0.3 is 19.9 Å². The Bertz CT molecular complexity index is 694. The molecule has 0 spiro atoms. The van der Waals surface area contributed by atoms with Crippen LogP contribution in [0, 0.1) is 0 Å². The number of hydrogen-bond acceptors (Lipinski definition) is 4. The Morgan fingerprint density at radius 3 is 2.92 bits per heavy atom. The molecule has 0 fully saturated rings. The summed E-state index contributed by atoms with van der Waals surface area (Å²) in [7, 11) is 0. The molecule has 24 heavy (non-hydrogen) atoms. The Morgan fingerprint density at radius 2 is 2.12 bits per heavy atom. The summed E-state index contributed by atoms with van der Waals surface area (Å²) in [5.41, 5.74) is 1.96. The van der Waals surface area contributed by atoms with E-state index < -0.39 is 0 Å². The molecule has 6 nitrogen and oxygen atoms in total. The molecule has 2 amide bonds. The Balaban J connectivity index is 1.52. The zero-order valence-corrected chi connectivity index (χ0v) is 14.0. The molecule has 128 valence electrons. The maximum atomic E-state index is 12.1. The third-order valence-corrected chi connectivity index (χ3v) is 4.41. The molecule has 1 aromatic heterocycles. The third kappa shape index (κ3) is 3.53. The monoisotopic (exact) mass is 329 g/mol. The second kappa shape index (κ2) is 7.38. The topological polar surface area (TPSA) is 76.4 Å². The Labute approximate surface area is 141 Å². The van der Waals surface area contributed by atoms with Crippen LogP contribution in [0.4, 0.5) is 4.79 Å². The van der Waals surface area contributed by atoms with Crippen molar-refractivity contribution in [1.29, 1.82) is 0 Å². The van der Waals surface area contributed by atoms with Crippen LogP contribution >= 0.6 is 0 Å². The van der Waals surface area contributed by atoms with Crippen LogP contribution in [0.25, 0.3) is 0 Å². The zero-order chi connectivity index (χ0) is 16.9. The summed E-state index contributed by atoms with van der Waals surface area (Å²) >= 11 is 0. The normalized spacial score (nSPS) is 15.9. The number of fused-ring (bicyclic) bond motifs is 1. The highest BCUT2D eigenvalue weighted by Gasteiger charge is 2.25. The molecule has 0 unspecified atom stereocenters. The van der Waals surface area contributed by atoms with Crippen LogP contribution in [0.3, 0.4) is 0 Å². The molecule has 0 aliphatic carbocycles. The van der Waals surface area contributed by atoms with Crippen molar-refractivity contribution < 1.29 is 14.1 Å². The van der Waals surface area contributed by atoms with Gasteiger partial charge in [-0.1, -0.05) is 37.2 Å². The highest BCUT2D eigenvalue weighted by molar-refractivity contribution is 5.74. The van der Waals surface area contributed by atoms with Crippen molar-refractivity contribution in [2.45, 2.75) is 45.2 Å². The van der Waals surface area contributed by atoms with Gasteiger partial charge in [-0.2, -0.15) is 0 Å². The van der Waals surface area contributed by atoms with Gasteiger partial charge in [0.25, 0.3) is 0 Å². The van der Waals surface area contributed by atoms with Gasteiger partial charge in [0.05, 0.1) is 18.3 Å². The molecule has 1 aliphatic rings. The van der Waals surface area contributed by atoms with E-state index in [-0.39, 0.29) is 12.1 Å². The summed E-state index contributed by atoms with van der Waals surface area (Å²) in [6.07, 6.45) is 2.05. The second-order valence-corrected chi connectivity index (χ2v) is 5.96. The van der Waals surface area contributed by atoms with Crippen molar-refractivity contribution in [1.82, 2.24) is 15.8 Å². The van der Waals surface area contributed by atoms with Crippen LogP contribution < -0.4 is 15.4 Å². The minimum absolute atomic E-state index is 0.129. The van der Waals surface area contributed by atoms with Crippen molar-refractivity contribution >= 4 is 6.03 Å². The minimum atomic E-state index is -0.249. The molecule has 0 saturated carbocycles. The van der Waals surface area contributed by atoms with E-state index in [1.54, 1.807) is 0 Å². The van der Waals surface area contributed by atoms with Gasteiger partial charge in [-0.05, 0) is 18.9 Å². The Hall–Kier alpha value is -2.50. The highest BCUT2D eigenvalue weighted by Crippen LogP contribution is 2.31. The van der Waals surface area contributed by atoms with Crippen LogP contribution in [-0.4, -0.2) is 17.8 Å². The van der Waals surface area contributed by atoms with E-state index in [2.05, 4.69) is 29.6 Å². The molecule has 3 rings (SSSR count). The molecule has 1 atom stereocenters. The highest BCUT2D eigenvalue weighted by atomic mass is 16.5. The van der Waals surface area contributed by atoms with Gasteiger partial charge in [-0.15, -0.1) is 0 Å². The van der Waals surface area contributed by atoms with Crippen molar-refractivity contribution in [2.75, 3.05) is 6.61 Å². The quantitative estimate of drug-likeness (QED) is 0.850. The number of rotatable bonds is 6. The summed E-state index contributed by atoms with van der Waals surface area (Å²) < 4.78 is 10.9. The van der Waals surface area contributed by atoms with Gasteiger partial charge in [0.15, 0.2) is 5.76 Å². The Kier molecular flexibility index (Phi) is 5.03. The van der Waals surface area contributed by atoms with E-state index >= 15 is 0 Å². The summed E-state index contributed by atoms with van der Waals surface area (Å²) in [6, 6.07) is 9.27. The first-order valence-electron chi connectivity index (χ1n) is 8.42. The number of benzene rings is 1. The van der Waals surface area contributed by atoms with Gasteiger partial charge >= 0.3 is 6.03 Å². The van der Waals surface area contributed by atoms with Gasteiger partial charge in [0.2, 0.25) is 0 Å². The number of hydrogen-bond donors (Lipinski definition) is 2. The SMILES string of the molecule is CCC(CC)c1cc(CNC(=O)N[C@@H]2COc3ccccc32)on1. The number of para-hydroxylation sites is 1. The average Bonchev–Trinajstić information content (AvgIpc) is 3.22. The lowest BCUT2D eigenvalue weighted by atomic mass is 9.99. The molecule has 1 aromatic carbocycles. The van der Waals surface area contributed by atoms with E-state index in [0.29, 0.717) is 24.8 Å². The Morgan fingerprint density at radius 1 is 1.33 bits per heavy atom. The van der Waals surface area contributed by atoms with Crippen LogP contribution in [0.5, 0.6) is 5.75 Å². The molecule has 6 heteroatoms. The predicted octanol–water partition coefficient (Wildman–Crippen LogP) is 3.51. The van der Waals surface area contributed by atoms with E-state index in [0.717, 1.165) is 29.8 Å². The molecule has 0 radical (unpaired) electrons. The smallest absolute Gasteiger partial charge is 0.315 e. The number of nitrogens with one attached hydrogen (secondary N) is 2. The third-order valence-electron chi connectivity index (χ3n) is 4.41. The lowest BCUT2D eigenvalue weighted by Gasteiger charge is -2.12. The summed E-state index contributed by atoms with van der Waals surface area (Å²) in [6.45, 7) is 5.04. The van der Waals surface area contributed by atoms with Gasteiger partial charge in [0, 0.05) is 17.5 Å². The van der Waals surface area contributed by atoms with Crippen LogP contribution in [0.1, 0.15) is 55.7 Å². The fourth-order valence-electron chi connectivity index (χ4n) is 2.97. The molecule has 2 heterocycles. The maximum Gasteiger partial charge on any atom is 0.315 e. The maximum absolute atomic E-state index is 12.1. The number of aromatic nitrogens is 1. The second-order valence-electron chi connectivity index (χ2n) is 5.96. The number of carbonyl (C=O) groups is 1. The molecular formula is C18H23N3O3. The fraction of sp³-hybridized carbons (Fsp3) is 0.444. The molecule has 1 aliphatic heterocycles. The number of urea groups is 1. The summed E-state index contributed by atoms with van der Waals surface area (Å²) in [4.78, 5) is 12.1. The standard InChI is InChI=1S/C18H23N3O3/c1-3-12(4-2)15-9-13(24-21-15)10-19-18(22)20-16-11-23-17-8-6-5-7-14(16)17/h5-9,12,16H,3-4,10-11H2,1-2H3,(H2,19,20,22)/t16-/m1/s1. The number of carbonyl (C=O) groups excluding carboxylic acids is 1. The molecule has 0 saturated heterocycles. The van der Waals surface area contributed by atoms with Crippen molar-refractivity contribution in [3.63, 3.8) is 0 Å². The molecule has 2 aromatic rings. The van der Waals surface area contributed by atoms with Gasteiger partial charge in [0.1, 0.15) is 12.4 Å². The van der Waals surface area contributed by atoms with E-state index in [9.17, 15) is 4.79 Å². The van der Waals surface area contributed by atoms with E-state index in [1.807, 2.05) is 30.3 Å². The summed E-state index contributed by atoms with van der Waals surface area (Å²) in [5, 5.41) is 9.83. The minimum Gasteiger partial charge on any atom is -0.491 e. The molecule has 2 N–H and O–H groups in total. The van der Waals surface area contributed by atoms with Crippen LogP contribution in [-0.2, 0) is 6.54 Å². The van der Waals surface area contributed by atoms with Crippen molar-refractivity contribution in [2.24, 2.45) is 0 Å². The number of amides is 2. The molecule has 0 bridgehead atoms. The van der Waals surface area contributed by atoms with E-state index in [1.165, 1.54) is 0 Å². The number of nitrogens with zero attached hydrogens (tertiary/aromatic N) is 1. The lowest BCUT2D eigenvalue weighted by molar-refractivity contribution is 0.230. The molecular weight excluding hydrogens is 306 g/mol. The van der Waals surface area contributed by atoms with Crippen molar-refractivity contribution in [3.05, 3.63) is 47.3 Å². The van der Waals surface area contributed by atoms with Crippen LogP contribution in [0.15, 0.2) is 34.9 Å². The lowest BCUT2D eigenvalue weighted by Crippen LogP contribution is -2.38. The van der Waals surface area contributed by atoms with Crippen LogP contribution in [0.2, 0.25) is 0 Å². The first-order valence-corrected chi connectivity index (χ1v) is 8.42.